The molecule has 1 aromatic heterocycles. The Morgan fingerprint density at radius 1 is 1.43 bits per heavy atom. The predicted molar refractivity (Wildman–Crippen MR) is 81.4 cm³/mol. The van der Waals surface area contributed by atoms with Gasteiger partial charge < -0.3 is 5.32 Å². The molecule has 1 aliphatic carbocycles. The molecule has 0 spiro atoms. The fraction of sp³-hybridized carbons (Fsp3) is 0.533. The Morgan fingerprint density at radius 3 is 2.76 bits per heavy atom. The van der Waals surface area contributed by atoms with Crippen molar-refractivity contribution in [3.63, 3.8) is 0 Å². The quantitative estimate of drug-likeness (QED) is 0.829. The molecule has 1 saturated heterocycles. The highest BCUT2D eigenvalue weighted by atomic mass is 79.9. The summed E-state index contributed by atoms with van der Waals surface area (Å²) >= 11 is 3.33. The van der Waals surface area contributed by atoms with Crippen molar-refractivity contribution in [3.8, 4) is 0 Å². The number of imide groups is 1. The first-order valence-corrected chi connectivity index (χ1v) is 8.10. The zero-order valence-electron chi connectivity index (χ0n) is 11.9. The molecule has 1 aromatic rings. The second-order valence-electron chi connectivity index (χ2n) is 5.78. The van der Waals surface area contributed by atoms with Gasteiger partial charge in [0.15, 0.2) is 0 Å². The highest BCUT2D eigenvalue weighted by molar-refractivity contribution is 9.10. The summed E-state index contributed by atoms with van der Waals surface area (Å²) in [7, 11) is 0. The van der Waals surface area contributed by atoms with Crippen molar-refractivity contribution in [1.29, 1.82) is 0 Å². The Labute approximate surface area is 132 Å². The summed E-state index contributed by atoms with van der Waals surface area (Å²) in [6, 6.07) is 3.40. The number of nitrogens with one attached hydrogen (secondary N) is 1. The molecular formula is C15H18BrN3O2. The topological polar surface area (TPSA) is 62.3 Å². The Morgan fingerprint density at radius 2 is 2.19 bits per heavy atom. The largest absolute Gasteiger partial charge is 0.325 e. The molecule has 21 heavy (non-hydrogen) atoms. The summed E-state index contributed by atoms with van der Waals surface area (Å²) in [4.78, 5) is 30.6. The van der Waals surface area contributed by atoms with Crippen molar-refractivity contribution in [2.45, 2.75) is 44.7 Å². The minimum absolute atomic E-state index is 0.0819. The SMILES string of the molecule is CCCC1(C2CC2)NC(=O)N(Cc2ccc(Br)cn2)C1=O. The first kappa shape index (κ1) is 14.5. The second kappa shape index (κ2) is 5.40. The zero-order chi connectivity index (χ0) is 15.0. The van der Waals surface area contributed by atoms with Gasteiger partial charge in [0, 0.05) is 10.7 Å². The third kappa shape index (κ3) is 2.57. The van der Waals surface area contributed by atoms with E-state index in [9.17, 15) is 9.59 Å². The molecule has 1 atom stereocenters. The van der Waals surface area contributed by atoms with Crippen LogP contribution >= 0.6 is 15.9 Å². The monoisotopic (exact) mass is 351 g/mol. The van der Waals surface area contributed by atoms with Crippen molar-refractivity contribution < 1.29 is 9.59 Å². The number of aromatic nitrogens is 1. The van der Waals surface area contributed by atoms with E-state index in [1.807, 2.05) is 19.1 Å². The van der Waals surface area contributed by atoms with Gasteiger partial charge in [0.25, 0.3) is 5.91 Å². The summed E-state index contributed by atoms with van der Waals surface area (Å²) in [5.74, 6) is 0.221. The van der Waals surface area contributed by atoms with Crippen LogP contribution in [0.4, 0.5) is 4.79 Å². The van der Waals surface area contributed by atoms with Gasteiger partial charge in [0.05, 0.1) is 12.2 Å². The number of carbonyl (C=O) groups is 2. The number of rotatable bonds is 5. The van der Waals surface area contributed by atoms with E-state index >= 15 is 0 Å². The van der Waals surface area contributed by atoms with Gasteiger partial charge >= 0.3 is 6.03 Å². The minimum atomic E-state index is -0.665. The molecule has 6 heteroatoms. The lowest BCUT2D eigenvalue weighted by Gasteiger charge is -2.26. The van der Waals surface area contributed by atoms with E-state index in [0.29, 0.717) is 18.0 Å². The van der Waals surface area contributed by atoms with Gasteiger partial charge in [-0.2, -0.15) is 0 Å². The highest BCUT2D eigenvalue weighted by Gasteiger charge is 2.58. The number of urea groups is 1. The maximum Gasteiger partial charge on any atom is 0.325 e. The summed E-state index contributed by atoms with van der Waals surface area (Å²) < 4.78 is 0.877. The van der Waals surface area contributed by atoms with E-state index in [2.05, 4.69) is 26.2 Å². The Kier molecular flexibility index (Phi) is 3.73. The van der Waals surface area contributed by atoms with Crippen LogP contribution in [0.1, 0.15) is 38.3 Å². The van der Waals surface area contributed by atoms with Crippen LogP contribution in [0.2, 0.25) is 0 Å². The molecule has 2 aliphatic rings. The number of carbonyl (C=O) groups excluding carboxylic acids is 2. The number of hydrogen-bond acceptors (Lipinski definition) is 3. The van der Waals surface area contributed by atoms with Gasteiger partial charge in [-0.05, 0) is 53.2 Å². The van der Waals surface area contributed by atoms with E-state index in [1.165, 1.54) is 4.90 Å². The Bertz CT molecular complexity index is 571. The number of amides is 3. The molecule has 0 radical (unpaired) electrons. The molecule has 3 amide bonds. The van der Waals surface area contributed by atoms with E-state index in [4.69, 9.17) is 0 Å². The van der Waals surface area contributed by atoms with Gasteiger partial charge in [-0.25, -0.2) is 4.79 Å². The molecular weight excluding hydrogens is 334 g/mol. The standard InChI is InChI=1S/C15H18BrN3O2/c1-2-7-15(10-3-4-10)13(20)19(14(21)18-15)9-12-6-5-11(16)8-17-12/h5-6,8,10H,2-4,7,9H2,1H3,(H,18,21). The lowest BCUT2D eigenvalue weighted by Crippen LogP contribution is -2.49. The molecule has 0 aromatic carbocycles. The highest BCUT2D eigenvalue weighted by Crippen LogP contribution is 2.45. The fourth-order valence-corrected chi connectivity index (χ4v) is 3.31. The van der Waals surface area contributed by atoms with Crippen LogP contribution in [0.3, 0.4) is 0 Å². The maximum atomic E-state index is 12.8. The molecule has 5 nitrogen and oxygen atoms in total. The maximum absolute atomic E-state index is 12.8. The van der Waals surface area contributed by atoms with E-state index in [-0.39, 0.29) is 18.5 Å². The normalized spacial score (nSPS) is 25.3. The van der Waals surface area contributed by atoms with Crippen LogP contribution < -0.4 is 5.32 Å². The van der Waals surface area contributed by atoms with Crippen LogP contribution in [-0.4, -0.2) is 27.4 Å². The van der Waals surface area contributed by atoms with E-state index in [1.54, 1.807) is 6.20 Å². The number of nitrogens with zero attached hydrogens (tertiary/aromatic N) is 2. The minimum Gasteiger partial charge on any atom is -0.323 e. The van der Waals surface area contributed by atoms with Gasteiger partial charge in [-0.15, -0.1) is 0 Å². The van der Waals surface area contributed by atoms with Crippen molar-refractivity contribution >= 4 is 27.9 Å². The molecule has 1 unspecified atom stereocenters. The summed E-state index contributed by atoms with van der Waals surface area (Å²) in [5.41, 5.74) is 0.0473. The van der Waals surface area contributed by atoms with Crippen LogP contribution in [0, 0.1) is 5.92 Å². The smallest absolute Gasteiger partial charge is 0.323 e. The van der Waals surface area contributed by atoms with Crippen LogP contribution in [0.25, 0.3) is 0 Å². The van der Waals surface area contributed by atoms with Gasteiger partial charge in [0.2, 0.25) is 0 Å². The van der Waals surface area contributed by atoms with Crippen molar-refractivity contribution in [3.05, 3.63) is 28.5 Å². The molecule has 2 heterocycles. The van der Waals surface area contributed by atoms with Crippen LogP contribution in [0.15, 0.2) is 22.8 Å². The molecule has 112 valence electrons. The molecule has 3 rings (SSSR count). The summed E-state index contributed by atoms with van der Waals surface area (Å²) in [5, 5.41) is 2.96. The first-order chi connectivity index (χ1) is 10.1. The molecule has 2 fully saturated rings. The average molecular weight is 352 g/mol. The van der Waals surface area contributed by atoms with E-state index < -0.39 is 5.54 Å². The predicted octanol–water partition coefficient (Wildman–Crippen LogP) is 2.84. The fourth-order valence-electron chi connectivity index (χ4n) is 3.07. The third-order valence-electron chi connectivity index (χ3n) is 4.23. The lowest BCUT2D eigenvalue weighted by atomic mass is 9.88. The number of halogens is 1. The molecule has 1 N–H and O–H groups in total. The van der Waals surface area contributed by atoms with Crippen LogP contribution in [0.5, 0.6) is 0 Å². The number of hydrogen-bond donors (Lipinski definition) is 1. The summed E-state index contributed by atoms with van der Waals surface area (Å²) in [6.45, 7) is 2.28. The first-order valence-electron chi connectivity index (χ1n) is 7.31. The van der Waals surface area contributed by atoms with Crippen molar-refractivity contribution in [2.75, 3.05) is 0 Å². The zero-order valence-corrected chi connectivity index (χ0v) is 13.5. The van der Waals surface area contributed by atoms with Crippen molar-refractivity contribution in [2.24, 2.45) is 5.92 Å². The molecule has 1 saturated carbocycles. The number of pyridine rings is 1. The molecule has 0 bridgehead atoms. The van der Waals surface area contributed by atoms with Gasteiger partial charge in [-0.1, -0.05) is 13.3 Å². The van der Waals surface area contributed by atoms with Gasteiger partial charge in [0.1, 0.15) is 5.54 Å². The van der Waals surface area contributed by atoms with Gasteiger partial charge in [-0.3, -0.25) is 14.7 Å². The molecule has 1 aliphatic heterocycles. The Balaban J connectivity index is 1.81. The van der Waals surface area contributed by atoms with E-state index in [0.717, 1.165) is 23.7 Å². The second-order valence-corrected chi connectivity index (χ2v) is 6.70. The van der Waals surface area contributed by atoms with Crippen molar-refractivity contribution in [1.82, 2.24) is 15.2 Å². The van der Waals surface area contributed by atoms with Crippen LogP contribution in [-0.2, 0) is 11.3 Å². The lowest BCUT2D eigenvalue weighted by molar-refractivity contribution is -0.132. The third-order valence-corrected chi connectivity index (χ3v) is 4.70. The summed E-state index contributed by atoms with van der Waals surface area (Å²) in [6.07, 6.45) is 5.32. The Hall–Kier alpha value is -1.43. The average Bonchev–Trinajstić information content (AvgIpc) is 3.27.